The number of anilines is 1. The molecule has 0 aliphatic rings. The quantitative estimate of drug-likeness (QED) is 0.556. The van der Waals surface area contributed by atoms with Crippen LogP contribution in [0.15, 0.2) is 62.2 Å². The summed E-state index contributed by atoms with van der Waals surface area (Å²) in [5.74, 6) is -1.98. The highest BCUT2D eigenvalue weighted by Gasteiger charge is 2.41. The lowest BCUT2D eigenvalue weighted by Gasteiger charge is -2.19. The number of halogens is 4. The van der Waals surface area contributed by atoms with Crippen molar-refractivity contribution in [3.05, 3.63) is 63.4 Å². The highest BCUT2D eigenvalue weighted by atomic mass is 79.9. The SMILES string of the molecule is CN(C(=O)C(F)(F)F)c1ccc(-c2cc3ccccc3oc2=O)c(Br)c1. The van der Waals surface area contributed by atoms with Gasteiger partial charge in [-0.2, -0.15) is 13.2 Å². The number of fused-ring (bicyclic) bond motifs is 1. The topological polar surface area (TPSA) is 50.5 Å². The predicted octanol–water partition coefficient (Wildman–Crippen LogP) is 4.75. The molecule has 3 aromatic rings. The van der Waals surface area contributed by atoms with Crippen LogP contribution in [0.4, 0.5) is 18.9 Å². The van der Waals surface area contributed by atoms with Crippen molar-refractivity contribution in [2.45, 2.75) is 6.18 Å². The summed E-state index contributed by atoms with van der Waals surface area (Å²) >= 11 is 3.25. The molecule has 0 aliphatic heterocycles. The molecular weight excluding hydrogens is 415 g/mol. The minimum atomic E-state index is -4.97. The van der Waals surface area contributed by atoms with Crippen molar-refractivity contribution >= 4 is 38.5 Å². The van der Waals surface area contributed by atoms with Crippen LogP contribution in [0.5, 0.6) is 0 Å². The Hall–Kier alpha value is -2.61. The molecule has 0 saturated heterocycles. The van der Waals surface area contributed by atoms with Crippen LogP contribution in [0.2, 0.25) is 0 Å². The molecule has 0 fully saturated rings. The summed E-state index contributed by atoms with van der Waals surface area (Å²) < 4.78 is 43.4. The molecule has 2 aromatic carbocycles. The minimum absolute atomic E-state index is 0.0353. The summed E-state index contributed by atoms with van der Waals surface area (Å²) in [5, 5.41) is 0.711. The lowest BCUT2D eigenvalue weighted by atomic mass is 10.1. The molecule has 8 heteroatoms. The fourth-order valence-electron chi connectivity index (χ4n) is 2.49. The van der Waals surface area contributed by atoms with E-state index < -0.39 is 17.7 Å². The van der Waals surface area contributed by atoms with Crippen LogP contribution in [-0.4, -0.2) is 19.1 Å². The maximum atomic E-state index is 12.6. The Labute approximate surface area is 154 Å². The molecule has 0 unspecified atom stereocenters. The van der Waals surface area contributed by atoms with Gasteiger partial charge in [-0.1, -0.05) is 40.2 Å². The molecule has 4 nitrogen and oxygen atoms in total. The first-order chi connectivity index (χ1) is 12.2. The third-order valence-corrected chi connectivity index (χ3v) is 4.47. The molecule has 0 aliphatic carbocycles. The number of alkyl halides is 3. The van der Waals surface area contributed by atoms with Gasteiger partial charge in [0.15, 0.2) is 0 Å². The van der Waals surface area contributed by atoms with Crippen LogP contribution >= 0.6 is 15.9 Å². The van der Waals surface area contributed by atoms with E-state index in [0.29, 0.717) is 25.9 Å². The van der Waals surface area contributed by atoms with Gasteiger partial charge in [-0.15, -0.1) is 0 Å². The molecule has 0 bridgehead atoms. The van der Waals surface area contributed by atoms with Gasteiger partial charge in [0.05, 0.1) is 5.56 Å². The fourth-order valence-corrected chi connectivity index (χ4v) is 3.07. The Morgan fingerprint density at radius 1 is 1.08 bits per heavy atom. The number of carbonyl (C=O) groups excluding carboxylic acids is 1. The molecule has 134 valence electrons. The van der Waals surface area contributed by atoms with Gasteiger partial charge in [0.1, 0.15) is 5.58 Å². The lowest BCUT2D eigenvalue weighted by molar-refractivity contribution is -0.170. The van der Waals surface area contributed by atoms with Gasteiger partial charge < -0.3 is 9.32 Å². The van der Waals surface area contributed by atoms with Crippen molar-refractivity contribution in [1.29, 1.82) is 0 Å². The number of hydrogen-bond donors (Lipinski definition) is 0. The van der Waals surface area contributed by atoms with E-state index >= 15 is 0 Å². The zero-order valence-corrected chi connectivity index (χ0v) is 14.9. The predicted molar refractivity (Wildman–Crippen MR) is 95.1 cm³/mol. The van der Waals surface area contributed by atoms with Crippen LogP contribution in [0.3, 0.4) is 0 Å². The Bertz CT molecular complexity index is 1060. The van der Waals surface area contributed by atoms with Crippen LogP contribution in [-0.2, 0) is 4.79 Å². The summed E-state index contributed by atoms with van der Waals surface area (Å²) in [7, 11) is 1.03. The first-order valence-corrected chi connectivity index (χ1v) is 8.15. The molecular formula is C18H11BrF3NO3. The van der Waals surface area contributed by atoms with Gasteiger partial charge in [0.25, 0.3) is 0 Å². The number of benzene rings is 2. The van der Waals surface area contributed by atoms with Crippen molar-refractivity contribution in [1.82, 2.24) is 0 Å². The highest BCUT2D eigenvalue weighted by Crippen LogP contribution is 2.32. The van der Waals surface area contributed by atoms with Crippen molar-refractivity contribution < 1.29 is 22.4 Å². The molecule has 1 amide bonds. The maximum Gasteiger partial charge on any atom is 0.471 e. The molecule has 3 rings (SSSR count). The molecule has 1 aromatic heterocycles. The number of amides is 1. The number of rotatable bonds is 2. The Morgan fingerprint density at radius 3 is 2.42 bits per heavy atom. The first kappa shape index (κ1) is 18.2. The smallest absolute Gasteiger partial charge is 0.422 e. The second kappa shape index (κ2) is 6.60. The van der Waals surface area contributed by atoms with Crippen LogP contribution in [0.25, 0.3) is 22.1 Å². The zero-order chi connectivity index (χ0) is 19.1. The van der Waals surface area contributed by atoms with E-state index in [-0.39, 0.29) is 11.3 Å². The molecule has 0 atom stereocenters. The van der Waals surface area contributed by atoms with E-state index in [0.717, 1.165) is 7.05 Å². The van der Waals surface area contributed by atoms with Gasteiger partial charge in [-0.3, -0.25) is 4.79 Å². The van der Waals surface area contributed by atoms with E-state index in [2.05, 4.69) is 15.9 Å². The van der Waals surface area contributed by atoms with E-state index in [1.165, 1.54) is 18.2 Å². The number of nitrogens with zero attached hydrogens (tertiary/aromatic N) is 1. The Kier molecular flexibility index (Phi) is 4.62. The van der Waals surface area contributed by atoms with Crippen LogP contribution in [0.1, 0.15) is 0 Å². The van der Waals surface area contributed by atoms with Crippen LogP contribution < -0.4 is 10.5 Å². The Balaban J connectivity index is 2.05. The third-order valence-electron chi connectivity index (χ3n) is 3.82. The minimum Gasteiger partial charge on any atom is -0.422 e. The highest BCUT2D eigenvalue weighted by molar-refractivity contribution is 9.10. The van der Waals surface area contributed by atoms with E-state index in [1.54, 1.807) is 30.3 Å². The van der Waals surface area contributed by atoms with Crippen molar-refractivity contribution in [2.75, 3.05) is 11.9 Å². The summed E-state index contributed by atoms with van der Waals surface area (Å²) in [6, 6.07) is 12.7. The molecule has 0 radical (unpaired) electrons. The average Bonchev–Trinajstić information content (AvgIpc) is 2.59. The Morgan fingerprint density at radius 2 is 1.77 bits per heavy atom. The number of para-hydroxylation sites is 1. The first-order valence-electron chi connectivity index (χ1n) is 7.36. The van der Waals surface area contributed by atoms with E-state index in [1.807, 2.05) is 0 Å². The third kappa shape index (κ3) is 3.37. The monoisotopic (exact) mass is 425 g/mol. The number of carbonyl (C=O) groups is 1. The largest absolute Gasteiger partial charge is 0.471 e. The van der Waals surface area contributed by atoms with E-state index in [9.17, 15) is 22.8 Å². The summed E-state index contributed by atoms with van der Waals surface area (Å²) in [6.45, 7) is 0. The maximum absolute atomic E-state index is 12.6. The summed E-state index contributed by atoms with van der Waals surface area (Å²) in [5.41, 5.74) is 0.600. The molecule has 26 heavy (non-hydrogen) atoms. The molecule has 0 N–H and O–H groups in total. The van der Waals surface area contributed by atoms with Crippen LogP contribution in [0, 0.1) is 0 Å². The van der Waals surface area contributed by atoms with Gasteiger partial charge >= 0.3 is 17.7 Å². The number of hydrogen-bond acceptors (Lipinski definition) is 3. The summed E-state index contributed by atoms with van der Waals surface area (Å²) in [4.78, 5) is 24.1. The van der Waals surface area contributed by atoms with Crippen molar-refractivity contribution in [3.63, 3.8) is 0 Å². The van der Waals surface area contributed by atoms with E-state index in [4.69, 9.17) is 4.42 Å². The molecule has 0 saturated carbocycles. The van der Waals surface area contributed by atoms with Gasteiger partial charge in [0, 0.05) is 28.2 Å². The van der Waals surface area contributed by atoms with Gasteiger partial charge in [-0.25, -0.2) is 4.79 Å². The normalized spacial score (nSPS) is 11.6. The molecule has 0 spiro atoms. The average molecular weight is 426 g/mol. The van der Waals surface area contributed by atoms with Gasteiger partial charge in [-0.05, 0) is 24.3 Å². The lowest BCUT2D eigenvalue weighted by Crippen LogP contribution is -2.38. The second-order valence-electron chi connectivity index (χ2n) is 5.51. The standard InChI is InChI=1S/C18H11BrF3NO3/c1-23(17(25)18(20,21)22)11-6-7-12(14(19)9-11)13-8-10-4-2-3-5-15(10)26-16(13)24/h2-9H,1H3. The fraction of sp³-hybridized carbons (Fsp3) is 0.111. The van der Waals surface area contributed by atoms with Crippen molar-refractivity contribution in [2.24, 2.45) is 0 Å². The zero-order valence-electron chi connectivity index (χ0n) is 13.3. The second-order valence-corrected chi connectivity index (χ2v) is 6.37. The summed E-state index contributed by atoms with van der Waals surface area (Å²) in [6.07, 6.45) is -4.97. The molecule has 1 heterocycles. The van der Waals surface area contributed by atoms with Gasteiger partial charge in [0.2, 0.25) is 0 Å². The van der Waals surface area contributed by atoms with Crippen molar-refractivity contribution in [3.8, 4) is 11.1 Å².